The normalized spacial score (nSPS) is 11.8. The van der Waals surface area contributed by atoms with Gasteiger partial charge >= 0.3 is 6.03 Å². The minimum Gasteiger partial charge on any atom is -0.492 e. The summed E-state index contributed by atoms with van der Waals surface area (Å²) in [6.07, 6.45) is 0.148. The summed E-state index contributed by atoms with van der Waals surface area (Å²) in [5.41, 5.74) is 2.31. The van der Waals surface area contributed by atoms with Crippen LogP contribution in [0.5, 0.6) is 5.75 Å². The molecule has 0 spiro atoms. The van der Waals surface area contributed by atoms with E-state index in [1.165, 1.54) is 0 Å². The molecule has 20 heavy (non-hydrogen) atoms. The Kier molecular flexibility index (Phi) is 6.87. The third-order valence-corrected chi connectivity index (χ3v) is 2.70. The van der Waals surface area contributed by atoms with E-state index in [1.54, 1.807) is 6.92 Å². The largest absolute Gasteiger partial charge is 0.492 e. The minimum absolute atomic E-state index is 0.241. The van der Waals surface area contributed by atoms with E-state index < -0.39 is 6.10 Å². The summed E-state index contributed by atoms with van der Waals surface area (Å²) in [4.78, 5) is 11.4. The highest BCUT2D eigenvalue weighted by molar-refractivity contribution is 5.73. The standard InChI is InChI=1S/C15H24N2O3/c1-11-8-12(2)10-14(9-11)20-7-6-17-15(19)16-5-4-13(3)18/h8-10,13,18H,4-7H2,1-3H3,(H2,16,17,19). The number of hydrogen-bond donors (Lipinski definition) is 3. The lowest BCUT2D eigenvalue weighted by Gasteiger charge is -2.10. The van der Waals surface area contributed by atoms with Gasteiger partial charge in [0.05, 0.1) is 12.6 Å². The number of carbonyl (C=O) groups is 1. The molecule has 0 aromatic heterocycles. The van der Waals surface area contributed by atoms with Crippen molar-refractivity contribution in [3.63, 3.8) is 0 Å². The minimum atomic E-state index is -0.400. The quantitative estimate of drug-likeness (QED) is 0.666. The van der Waals surface area contributed by atoms with E-state index >= 15 is 0 Å². The predicted molar refractivity (Wildman–Crippen MR) is 79.1 cm³/mol. The van der Waals surface area contributed by atoms with Gasteiger partial charge in [0, 0.05) is 6.54 Å². The van der Waals surface area contributed by atoms with Crippen molar-refractivity contribution in [3.05, 3.63) is 29.3 Å². The summed E-state index contributed by atoms with van der Waals surface area (Å²) in [5, 5.41) is 14.4. The summed E-state index contributed by atoms with van der Waals surface area (Å²) in [5.74, 6) is 0.818. The molecule has 1 aromatic carbocycles. The number of rotatable bonds is 7. The second-order valence-corrected chi connectivity index (χ2v) is 4.99. The number of ether oxygens (including phenoxy) is 1. The monoisotopic (exact) mass is 280 g/mol. The van der Waals surface area contributed by atoms with Gasteiger partial charge in [0.1, 0.15) is 12.4 Å². The Bertz CT molecular complexity index is 413. The van der Waals surface area contributed by atoms with Gasteiger partial charge in [-0.05, 0) is 50.5 Å². The number of hydrogen-bond acceptors (Lipinski definition) is 3. The van der Waals surface area contributed by atoms with Gasteiger partial charge in [-0.1, -0.05) is 6.07 Å². The number of carbonyl (C=O) groups excluding carboxylic acids is 1. The molecule has 1 atom stereocenters. The number of amides is 2. The maximum Gasteiger partial charge on any atom is 0.314 e. The van der Waals surface area contributed by atoms with Gasteiger partial charge in [0.15, 0.2) is 0 Å². The van der Waals surface area contributed by atoms with Crippen molar-refractivity contribution < 1.29 is 14.6 Å². The second-order valence-electron chi connectivity index (χ2n) is 4.99. The van der Waals surface area contributed by atoms with Crippen molar-refractivity contribution in [2.45, 2.75) is 33.3 Å². The smallest absolute Gasteiger partial charge is 0.314 e. The molecule has 0 aliphatic rings. The Labute approximate surface area is 120 Å². The molecule has 0 fully saturated rings. The van der Waals surface area contributed by atoms with Gasteiger partial charge in [-0.3, -0.25) is 0 Å². The fraction of sp³-hybridized carbons (Fsp3) is 0.533. The zero-order chi connectivity index (χ0) is 15.0. The van der Waals surface area contributed by atoms with Crippen LogP contribution in [0.1, 0.15) is 24.5 Å². The molecular weight excluding hydrogens is 256 g/mol. The molecule has 112 valence electrons. The molecule has 0 saturated carbocycles. The summed E-state index contributed by atoms with van der Waals surface area (Å²) in [6.45, 7) is 7.06. The molecule has 1 rings (SSSR count). The Morgan fingerprint density at radius 1 is 1.20 bits per heavy atom. The molecule has 0 aliphatic heterocycles. The lowest BCUT2D eigenvalue weighted by Crippen LogP contribution is -2.38. The lowest BCUT2D eigenvalue weighted by molar-refractivity contribution is 0.183. The van der Waals surface area contributed by atoms with Crippen LogP contribution < -0.4 is 15.4 Å². The van der Waals surface area contributed by atoms with E-state index in [4.69, 9.17) is 9.84 Å². The number of nitrogens with one attached hydrogen (secondary N) is 2. The molecule has 5 nitrogen and oxygen atoms in total. The van der Waals surface area contributed by atoms with Crippen LogP contribution in [0.15, 0.2) is 18.2 Å². The summed E-state index contributed by atoms with van der Waals surface area (Å²) < 4.78 is 5.58. The van der Waals surface area contributed by atoms with E-state index in [9.17, 15) is 4.79 Å². The van der Waals surface area contributed by atoms with Gasteiger partial charge in [-0.25, -0.2) is 4.79 Å². The van der Waals surface area contributed by atoms with Gasteiger partial charge in [0.25, 0.3) is 0 Å². The first-order chi connectivity index (χ1) is 9.47. The van der Waals surface area contributed by atoms with Crippen molar-refractivity contribution in [1.29, 1.82) is 0 Å². The highest BCUT2D eigenvalue weighted by Crippen LogP contribution is 2.15. The highest BCUT2D eigenvalue weighted by atomic mass is 16.5. The Balaban J connectivity index is 2.16. The zero-order valence-corrected chi connectivity index (χ0v) is 12.4. The maximum absolute atomic E-state index is 11.4. The molecule has 0 heterocycles. The third kappa shape index (κ3) is 6.99. The summed E-state index contributed by atoms with van der Waals surface area (Å²) >= 11 is 0. The summed E-state index contributed by atoms with van der Waals surface area (Å²) in [6, 6.07) is 5.78. The first-order valence-corrected chi connectivity index (χ1v) is 6.88. The number of urea groups is 1. The average molecular weight is 280 g/mol. The third-order valence-electron chi connectivity index (χ3n) is 2.70. The van der Waals surface area contributed by atoms with Crippen molar-refractivity contribution in [2.75, 3.05) is 19.7 Å². The lowest BCUT2D eigenvalue weighted by atomic mass is 10.1. The van der Waals surface area contributed by atoms with E-state index in [1.807, 2.05) is 26.0 Å². The SMILES string of the molecule is Cc1cc(C)cc(OCCNC(=O)NCCC(C)O)c1. The molecule has 0 aliphatic carbocycles. The molecule has 5 heteroatoms. The zero-order valence-electron chi connectivity index (χ0n) is 12.4. The van der Waals surface area contributed by atoms with Crippen LogP contribution in [0, 0.1) is 13.8 Å². The number of aliphatic hydroxyl groups excluding tert-OH is 1. The van der Waals surface area contributed by atoms with Gasteiger partial charge < -0.3 is 20.5 Å². The van der Waals surface area contributed by atoms with Gasteiger partial charge in [0.2, 0.25) is 0 Å². The summed E-state index contributed by atoms with van der Waals surface area (Å²) in [7, 11) is 0. The van der Waals surface area contributed by atoms with Crippen molar-refractivity contribution in [2.24, 2.45) is 0 Å². The van der Waals surface area contributed by atoms with Crippen molar-refractivity contribution >= 4 is 6.03 Å². The second kappa shape index (κ2) is 8.43. The topological polar surface area (TPSA) is 70.6 Å². The van der Waals surface area contributed by atoms with Crippen LogP contribution in [0.4, 0.5) is 4.79 Å². The molecular formula is C15H24N2O3. The van der Waals surface area contributed by atoms with E-state index in [0.29, 0.717) is 26.1 Å². The van der Waals surface area contributed by atoms with Crippen LogP contribution >= 0.6 is 0 Å². The molecule has 0 saturated heterocycles. The van der Waals surface area contributed by atoms with Crippen LogP contribution in [0.25, 0.3) is 0 Å². The molecule has 0 radical (unpaired) electrons. The Morgan fingerprint density at radius 2 is 1.80 bits per heavy atom. The van der Waals surface area contributed by atoms with E-state index in [-0.39, 0.29) is 6.03 Å². The highest BCUT2D eigenvalue weighted by Gasteiger charge is 2.01. The van der Waals surface area contributed by atoms with Crippen molar-refractivity contribution in [1.82, 2.24) is 10.6 Å². The molecule has 1 aromatic rings. The fourth-order valence-electron chi connectivity index (χ4n) is 1.81. The van der Waals surface area contributed by atoms with E-state index in [2.05, 4.69) is 16.7 Å². The first-order valence-electron chi connectivity index (χ1n) is 6.88. The average Bonchev–Trinajstić information content (AvgIpc) is 2.33. The number of aliphatic hydroxyl groups is 1. The van der Waals surface area contributed by atoms with Gasteiger partial charge in [-0.15, -0.1) is 0 Å². The molecule has 3 N–H and O–H groups in total. The molecule has 2 amide bonds. The molecule has 0 bridgehead atoms. The van der Waals surface area contributed by atoms with Crippen LogP contribution in [-0.2, 0) is 0 Å². The number of benzene rings is 1. The van der Waals surface area contributed by atoms with Gasteiger partial charge in [-0.2, -0.15) is 0 Å². The Morgan fingerprint density at radius 3 is 2.40 bits per heavy atom. The van der Waals surface area contributed by atoms with Crippen molar-refractivity contribution in [3.8, 4) is 5.75 Å². The predicted octanol–water partition coefficient (Wildman–Crippen LogP) is 1.75. The maximum atomic E-state index is 11.4. The van der Waals surface area contributed by atoms with E-state index in [0.717, 1.165) is 16.9 Å². The fourth-order valence-corrected chi connectivity index (χ4v) is 1.81. The number of aryl methyl sites for hydroxylation is 2. The van der Waals surface area contributed by atoms with Crippen LogP contribution in [-0.4, -0.2) is 36.9 Å². The molecule has 1 unspecified atom stereocenters. The first kappa shape index (κ1) is 16.3. The Hall–Kier alpha value is -1.75. The van der Waals surface area contributed by atoms with Crippen LogP contribution in [0.3, 0.4) is 0 Å². The van der Waals surface area contributed by atoms with Crippen LogP contribution in [0.2, 0.25) is 0 Å².